The number of aliphatic hydroxyl groups is 1. The Morgan fingerprint density at radius 1 is 1.28 bits per heavy atom. The Balaban J connectivity index is 2.00. The first-order chi connectivity index (χ1) is 11.9. The van der Waals surface area contributed by atoms with Crippen LogP contribution in [0.3, 0.4) is 0 Å². The number of benzene rings is 2. The summed E-state index contributed by atoms with van der Waals surface area (Å²) in [6, 6.07) is 11.6. The average molecular weight is 421 g/mol. The first-order valence-electron chi connectivity index (χ1n) is 7.61. The molecule has 1 atom stereocenters. The van der Waals surface area contributed by atoms with Crippen molar-refractivity contribution in [2.75, 3.05) is 11.4 Å². The number of hydrogen-bond donors (Lipinski definition) is 1. The predicted molar refractivity (Wildman–Crippen MR) is 101 cm³/mol. The van der Waals surface area contributed by atoms with E-state index in [0.717, 1.165) is 4.47 Å². The lowest BCUT2D eigenvalue weighted by molar-refractivity contribution is -0.135. The van der Waals surface area contributed by atoms with Gasteiger partial charge in [0, 0.05) is 27.2 Å². The van der Waals surface area contributed by atoms with Gasteiger partial charge in [0.15, 0.2) is 11.4 Å². The standard InChI is InChI=1S/C19H15BrClNO3/c1-2-9-22-16-8-5-13(20)10-15(16)19(25,18(22)24)11-17(23)12-3-6-14(21)7-4-12/h2-8,10,25H,1,9,11H2. The average Bonchev–Trinajstić information content (AvgIpc) is 2.77. The molecule has 0 radical (unpaired) electrons. The largest absolute Gasteiger partial charge is 0.375 e. The molecular weight excluding hydrogens is 406 g/mol. The Morgan fingerprint density at radius 2 is 1.96 bits per heavy atom. The Morgan fingerprint density at radius 3 is 2.60 bits per heavy atom. The first-order valence-corrected chi connectivity index (χ1v) is 8.78. The third-order valence-corrected chi connectivity index (χ3v) is 4.93. The lowest BCUT2D eigenvalue weighted by Gasteiger charge is -2.22. The van der Waals surface area contributed by atoms with Crippen molar-refractivity contribution < 1.29 is 14.7 Å². The summed E-state index contributed by atoms with van der Waals surface area (Å²) in [6.07, 6.45) is 1.24. The summed E-state index contributed by atoms with van der Waals surface area (Å²) < 4.78 is 0.719. The summed E-state index contributed by atoms with van der Waals surface area (Å²) in [5, 5.41) is 11.6. The van der Waals surface area contributed by atoms with Crippen LogP contribution in [-0.2, 0) is 10.4 Å². The highest BCUT2D eigenvalue weighted by Gasteiger charge is 2.50. The molecule has 0 saturated heterocycles. The van der Waals surface area contributed by atoms with E-state index in [1.54, 1.807) is 48.5 Å². The van der Waals surface area contributed by atoms with Crippen molar-refractivity contribution in [3.8, 4) is 0 Å². The summed E-state index contributed by atoms with van der Waals surface area (Å²) in [7, 11) is 0. The van der Waals surface area contributed by atoms with Crippen LogP contribution in [0.5, 0.6) is 0 Å². The molecule has 0 fully saturated rings. The van der Waals surface area contributed by atoms with Gasteiger partial charge in [0.1, 0.15) is 0 Å². The van der Waals surface area contributed by atoms with Crippen molar-refractivity contribution in [3.63, 3.8) is 0 Å². The Hall–Kier alpha value is -1.95. The van der Waals surface area contributed by atoms with Crippen LogP contribution >= 0.6 is 27.5 Å². The fourth-order valence-electron chi connectivity index (χ4n) is 2.97. The van der Waals surface area contributed by atoms with E-state index in [9.17, 15) is 14.7 Å². The maximum Gasteiger partial charge on any atom is 0.264 e. The second-order valence-electron chi connectivity index (χ2n) is 5.83. The van der Waals surface area contributed by atoms with Crippen molar-refractivity contribution in [1.29, 1.82) is 0 Å². The van der Waals surface area contributed by atoms with Crippen LogP contribution in [0, 0.1) is 0 Å². The zero-order chi connectivity index (χ0) is 18.2. The number of hydrogen-bond acceptors (Lipinski definition) is 3. The van der Waals surface area contributed by atoms with Crippen LogP contribution in [0.1, 0.15) is 22.3 Å². The van der Waals surface area contributed by atoms with Gasteiger partial charge in [0.2, 0.25) is 0 Å². The van der Waals surface area contributed by atoms with E-state index in [1.165, 1.54) is 4.90 Å². The number of carbonyl (C=O) groups is 2. The summed E-state index contributed by atoms with van der Waals surface area (Å²) in [6.45, 7) is 3.90. The summed E-state index contributed by atoms with van der Waals surface area (Å²) in [5.41, 5.74) is -0.515. The van der Waals surface area contributed by atoms with E-state index in [1.807, 2.05) is 0 Å². The van der Waals surface area contributed by atoms with E-state index >= 15 is 0 Å². The fraction of sp³-hybridized carbons (Fsp3) is 0.158. The highest BCUT2D eigenvalue weighted by atomic mass is 79.9. The zero-order valence-electron chi connectivity index (χ0n) is 13.2. The van der Waals surface area contributed by atoms with Crippen LogP contribution in [0.2, 0.25) is 5.02 Å². The lowest BCUT2D eigenvalue weighted by atomic mass is 9.88. The molecule has 2 aromatic carbocycles. The fourth-order valence-corrected chi connectivity index (χ4v) is 3.46. The van der Waals surface area contributed by atoms with Crippen LogP contribution in [0.15, 0.2) is 59.6 Å². The molecule has 0 bridgehead atoms. The van der Waals surface area contributed by atoms with Gasteiger partial charge in [0.05, 0.1) is 12.1 Å². The molecule has 0 spiro atoms. The number of rotatable bonds is 5. The van der Waals surface area contributed by atoms with Gasteiger partial charge in [-0.15, -0.1) is 6.58 Å². The van der Waals surface area contributed by atoms with Gasteiger partial charge >= 0.3 is 0 Å². The van der Waals surface area contributed by atoms with E-state index in [2.05, 4.69) is 22.5 Å². The minimum Gasteiger partial charge on any atom is -0.375 e. The van der Waals surface area contributed by atoms with Crippen LogP contribution < -0.4 is 4.90 Å². The minimum absolute atomic E-state index is 0.255. The van der Waals surface area contributed by atoms with Gasteiger partial charge < -0.3 is 10.0 Å². The van der Waals surface area contributed by atoms with Gasteiger partial charge in [-0.1, -0.05) is 33.6 Å². The third kappa shape index (κ3) is 3.15. The SMILES string of the molecule is C=CCN1C(=O)C(O)(CC(=O)c2ccc(Cl)cc2)c2cc(Br)ccc21. The number of nitrogens with zero attached hydrogens (tertiary/aromatic N) is 1. The molecule has 1 aliphatic rings. The van der Waals surface area contributed by atoms with E-state index in [0.29, 0.717) is 21.8 Å². The quantitative estimate of drug-likeness (QED) is 0.585. The zero-order valence-corrected chi connectivity index (χ0v) is 15.5. The second kappa shape index (κ2) is 6.75. The number of amides is 1. The second-order valence-corrected chi connectivity index (χ2v) is 7.19. The van der Waals surface area contributed by atoms with Crippen LogP contribution in [0.25, 0.3) is 0 Å². The van der Waals surface area contributed by atoms with Crippen molar-refractivity contribution in [3.05, 3.63) is 75.7 Å². The van der Waals surface area contributed by atoms with E-state index in [4.69, 9.17) is 11.6 Å². The third-order valence-electron chi connectivity index (χ3n) is 4.19. The molecule has 2 aromatic rings. The molecule has 0 aliphatic carbocycles. The van der Waals surface area contributed by atoms with Gasteiger partial charge in [-0.25, -0.2) is 0 Å². The number of fused-ring (bicyclic) bond motifs is 1. The van der Waals surface area contributed by atoms with Crippen LogP contribution in [-0.4, -0.2) is 23.3 Å². The van der Waals surface area contributed by atoms with E-state index in [-0.39, 0.29) is 18.7 Å². The van der Waals surface area contributed by atoms with Gasteiger partial charge in [-0.3, -0.25) is 9.59 Å². The molecule has 1 aliphatic heterocycles. The summed E-state index contributed by atoms with van der Waals surface area (Å²) in [5.74, 6) is -0.860. The van der Waals surface area contributed by atoms with Crippen LogP contribution in [0.4, 0.5) is 5.69 Å². The molecule has 6 heteroatoms. The number of halogens is 2. The molecule has 0 saturated carbocycles. The highest BCUT2D eigenvalue weighted by molar-refractivity contribution is 9.10. The van der Waals surface area contributed by atoms with Gasteiger partial charge in [-0.2, -0.15) is 0 Å². The summed E-state index contributed by atoms with van der Waals surface area (Å²) >= 11 is 9.19. The number of Topliss-reactive ketones (excluding diaryl/α,β-unsaturated/α-hetero) is 1. The first kappa shape index (κ1) is 17.9. The maximum atomic E-state index is 12.8. The smallest absolute Gasteiger partial charge is 0.264 e. The molecule has 0 aromatic heterocycles. The number of carbonyl (C=O) groups excluding carboxylic acids is 2. The van der Waals surface area contributed by atoms with Crippen molar-refractivity contribution in [1.82, 2.24) is 0 Å². The monoisotopic (exact) mass is 419 g/mol. The molecule has 3 rings (SSSR count). The van der Waals surface area contributed by atoms with Crippen molar-refractivity contribution in [2.45, 2.75) is 12.0 Å². The topological polar surface area (TPSA) is 57.6 Å². The molecular formula is C19H15BrClNO3. The normalized spacial score (nSPS) is 19.0. The number of ketones is 1. The Labute approximate surface area is 158 Å². The summed E-state index contributed by atoms with van der Waals surface area (Å²) in [4.78, 5) is 26.9. The van der Waals surface area contributed by atoms with Gasteiger partial charge in [0.25, 0.3) is 5.91 Å². The maximum absolute atomic E-state index is 12.8. The molecule has 1 unspecified atom stereocenters. The molecule has 1 N–H and O–H groups in total. The molecule has 4 nitrogen and oxygen atoms in total. The molecule has 1 heterocycles. The van der Waals surface area contributed by atoms with Crippen molar-refractivity contribution >= 4 is 44.9 Å². The van der Waals surface area contributed by atoms with Gasteiger partial charge in [-0.05, 0) is 42.5 Å². The van der Waals surface area contributed by atoms with E-state index < -0.39 is 11.5 Å². The molecule has 25 heavy (non-hydrogen) atoms. The Kier molecular flexibility index (Phi) is 4.82. The lowest BCUT2D eigenvalue weighted by Crippen LogP contribution is -2.41. The number of anilines is 1. The highest BCUT2D eigenvalue weighted by Crippen LogP contribution is 2.44. The minimum atomic E-state index is -1.90. The molecule has 128 valence electrons. The predicted octanol–water partition coefficient (Wildman–Crippen LogP) is 4.10. The molecule has 1 amide bonds. The van der Waals surface area contributed by atoms with Crippen molar-refractivity contribution in [2.24, 2.45) is 0 Å². The Bertz CT molecular complexity index is 865.